The van der Waals surface area contributed by atoms with Crippen LogP contribution in [0.25, 0.3) is 0 Å². The third kappa shape index (κ3) is 4.59. The first-order valence-electron chi connectivity index (χ1n) is 9.05. The summed E-state index contributed by atoms with van der Waals surface area (Å²) in [5.41, 5.74) is 6.09. The Morgan fingerprint density at radius 2 is 1.60 bits per heavy atom. The van der Waals surface area contributed by atoms with Crippen LogP contribution in [0.15, 0.2) is 30.3 Å². The van der Waals surface area contributed by atoms with Gasteiger partial charge in [0.2, 0.25) is 17.7 Å². The van der Waals surface area contributed by atoms with Crippen LogP contribution in [0.5, 0.6) is 0 Å². The number of carbonyl (C=O) groups is 3. The summed E-state index contributed by atoms with van der Waals surface area (Å²) in [7, 11) is 0. The zero-order chi connectivity index (χ0) is 17.6. The van der Waals surface area contributed by atoms with Gasteiger partial charge in [-0.25, -0.2) is 0 Å². The molecule has 0 spiro atoms. The SMILES string of the molecule is O=C(NNC(=O)C1CC(=O)N(Cc2ccccc2)C1)C1CCCCC1. The second kappa shape index (κ2) is 8.14. The number of nitrogens with one attached hydrogen (secondary N) is 2. The summed E-state index contributed by atoms with van der Waals surface area (Å²) in [6.45, 7) is 0.900. The number of hydrazine groups is 1. The van der Waals surface area contributed by atoms with Gasteiger partial charge in [-0.15, -0.1) is 0 Å². The van der Waals surface area contributed by atoms with E-state index in [1.54, 1.807) is 4.90 Å². The maximum absolute atomic E-state index is 12.3. The fraction of sp³-hybridized carbons (Fsp3) is 0.526. The van der Waals surface area contributed by atoms with E-state index in [4.69, 9.17) is 0 Å². The van der Waals surface area contributed by atoms with Crippen LogP contribution in [0.2, 0.25) is 0 Å². The van der Waals surface area contributed by atoms with E-state index in [1.165, 1.54) is 6.42 Å². The third-order valence-electron chi connectivity index (χ3n) is 5.09. The highest BCUT2D eigenvalue weighted by Gasteiger charge is 2.34. The molecule has 2 fully saturated rings. The summed E-state index contributed by atoms with van der Waals surface area (Å²) in [5.74, 6) is -0.842. The molecule has 3 amide bonds. The van der Waals surface area contributed by atoms with Crippen LogP contribution in [0.3, 0.4) is 0 Å². The lowest BCUT2D eigenvalue weighted by molar-refractivity contribution is -0.133. The predicted molar refractivity (Wildman–Crippen MR) is 92.8 cm³/mol. The van der Waals surface area contributed by atoms with Crippen molar-refractivity contribution in [2.45, 2.75) is 45.1 Å². The lowest BCUT2D eigenvalue weighted by Gasteiger charge is -2.21. The number of hydrogen-bond donors (Lipinski definition) is 2. The largest absolute Gasteiger partial charge is 0.338 e. The monoisotopic (exact) mass is 343 g/mol. The highest BCUT2D eigenvalue weighted by atomic mass is 16.2. The van der Waals surface area contributed by atoms with Crippen LogP contribution in [-0.2, 0) is 20.9 Å². The molecule has 0 radical (unpaired) electrons. The molecular formula is C19H25N3O3. The van der Waals surface area contributed by atoms with Crippen molar-refractivity contribution in [1.29, 1.82) is 0 Å². The molecule has 2 aliphatic rings. The van der Waals surface area contributed by atoms with E-state index in [0.717, 1.165) is 31.2 Å². The minimum atomic E-state index is -0.414. The Morgan fingerprint density at radius 1 is 0.960 bits per heavy atom. The van der Waals surface area contributed by atoms with Crippen LogP contribution in [-0.4, -0.2) is 29.2 Å². The van der Waals surface area contributed by atoms with Crippen molar-refractivity contribution in [2.24, 2.45) is 11.8 Å². The fourth-order valence-corrected chi connectivity index (χ4v) is 3.60. The third-order valence-corrected chi connectivity index (χ3v) is 5.09. The molecule has 6 heteroatoms. The first-order valence-corrected chi connectivity index (χ1v) is 9.05. The van der Waals surface area contributed by atoms with E-state index in [1.807, 2.05) is 30.3 Å². The Labute approximate surface area is 147 Å². The van der Waals surface area contributed by atoms with Crippen molar-refractivity contribution in [3.8, 4) is 0 Å². The van der Waals surface area contributed by atoms with Gasteiger partial charge in [0, 0.05) is 25.4 Å². The molecule has 0 aromatic heterocycles. The maximum atomic E-state index is 12.3. The molecule has 1 aliphatic carbocycles. The van der Waals surface area contributed by atoms with Crippen molar-refractivity contribution in [3.05, 3.63) is 35.9 Å². The van der Waals surface area contributed by atoms with Crippen LogP contribution in [0, 0.1) is 11.8 Å². The van der Waals surface area contributed by atoms with Crippen molar-refractivity contribution in [1.82, 2.24) is 15.8 Å². The van der Waals surface area contributed by atoms with Crippen LogP contribution in [0.4, 0.5) is 0 Å². The molecule has 1 heterocycles. The van der Waals surface area contributed by atoms with Crippen LogP contribution in [0.1, 0.15) is 44.1 Å². The summed E-state index contributed by atoms with van der Waals surface area (Å²) < 4.78 is 0. The number of rotatable bonds is 4. The van der Waals surface area contributed by atoms with Crippen molar-refractivity contribution >= 4 is 17.7 Å². The molecule has 1 atom stereocenters. The van der Waals surface area contributed by atoms with Crippen molar-refractivity contribution in [3.63, 3.8) is 0 Å². The molecule has 134 valence electrons. The van der Waals surface area contributed by atoms with E-state index < -0.39 is 5.92 Å². The molecule has 0 bridgehead atoms. The number of amides is 3. The quantitative estimate of drug-likeness (QED) is 0.818. The zero-order valence-corrected chi connectivity index (χ0v) is 14.4. The summed E-state index contributed by atoms with van der Waals surface area (Å²) in [6, 6.07) is 9.72. The number of carbonyl (C=O) groups excluding carboxylic acids is 3. The van der Waals surface area contributed by atoms with Gasteiger partial charge in [0.15, 0.2) is 0 Å². The molecule has 1 aromatic carbocycles. The lowest BCUT2D eigenvalue weighted by Crippen LogP contribution is -2.47. The average Bonchev–Trinajstić information content (AvgIpc) is 3.01. The highest BCUT2D eigenvalue weighted by Crippen LogP contribution is 2.23. The van der Waals surface area contributed by atoms with E-state index in [0.29, 0.717) is 13.1 Å². The molecule has 6 nitrogen and oxygen atoms in total. The lowest BCUT2D eigenvalue weighted by atomic mass is 9.89. The Kier molecular flexibility index (Phi) is 5.68. The topological polar surface area (TPSA) is 78.5 Å². The molecule has 1 saturated heterocycles. The average molecular weight is 343 g/mol. The van der Waals surface area contributed by atoms with Gasteiger partial charge in [-0.2, -0.15) is 0 Å². The smallest absolute Gasteiger partial charge is 0.243 e. The Morgan fingerprint density at radius 3 is 2.28 bits per heavy atom. The molecule has 3 rings (SSSR count). The van der Waals surface area contributed by atoms with Gasteiger partial charge in [0.05, 0.1) is 5.92 Å². The fourth-order valence-electron chi connectivity index (χ4n) is 3.60. The first-order chi connectivity index (χ1) is 12.1. The number of hydrogen-bond acceptors (Lipinski definition) is 3. The Bertz CT molecular complexity index is 626. The van der Waals surface area contributed by atoms with Gasteiger partial charge in [0.1, 0.15) is 0 Å². The van der Waals surface area contributed by atoms with Gasteiger partial charge >= 0.3 is 0 Å². The Balaban J connectivity index is 1.46. The van der Waals surface area contributed by atoms with Gasteiger partial charge in [-0.05, 0) is 18.4 Å². The van der Waals surface area contributed by atoms with E-state index in [-0.39, 0.29) is 30.1 Å². The zero-order valence-electron chi connectivity index (χ0n) is 14.4. The molecule has 1 saturated carbocycles. The molecule has 1 unspecified atom stereocenters. The number of nitrogens with zero attached hydrogens (tertiary/aromatic N) is 1. The van der Waals surface area contributed by atoms with Gasteiger partial charge in [-0.3, -0.25) is 25.2 Å². The van der Waals surface area contributed by atoms with Gasteiger partial charge < -0.3 is 4.90 Å². The number of benzene rings is 1. The van der Waals surface area contributed by atoms with Gasteiger partial charge in [0.25, 0.3) is 0 Å². The molecule has 2 N–H and O–H groups in total. The molecule has 1 aromatic rings. The molecule has 1 aliphatic heterocycles. The first kappa shape index (κ1) is 17.5. The highest BCUT2D eigenvalue weighted by molar-refractivity contribution is 5.90. The maximum Gasteiger partial charge on any atom is 0.243 e. The van der Waals surface area contributed by atoms with E-state index >= 15 is 0 Å². The van der Waals surface area contributed by atoms with Gasteiger partial charge in [-0.1, -0.05) is 49.6 Å². The summed E-state index contributed by atoms with van der Waals surface area (Å²) in [6.07, 6.45) is 5.27. The van der Waals surface area contributed by atoms with E-state index in [9.17, 15) is 14.4 Å². The second-order valence-electron chi connectivity index (χ2n) is 6.97. The normalized spacial score (nSPS) is 21.2. The van der Waals surface area contributed by atoms with Crippen LogP contribution >= 0.6 is 0 Å². The predicted octanol–water partition coefficient (Wildman–Crippen LogP) is 1.76. The summed E-state index contributed by atoms with van der Waals surface area (Å²) in [5, 5.41) is 0. The molecule has 25 heavy (non-hydrogen) atoms. The van der Waals surface area contributed by atoms with Crippen molar-refractivity contribution < 1.29 is 14.4 Å². The number of likely N-dealkylation sites (tertiary alicyclic amines) is 1. The minimum Gasteiger partial charge on any atom is -0.338 e. The van der Waals surface area contributed by atoms with Crippen LogP contribution < -0.4 is 10.9 Å². The molecular weight excluding hydrogens is 318 g/mol. The standard InChI is InChI=1S/C19H25N3O3/c23-17-11-16(13-22(17)12-14-7-3-1-4-8-14)19(25)21-20-18(24)15-9-5-2-6-10-15/h1,3-4,7-8,15-16H,2,5-6,9-13H2,(H,20,24)(H,21,25). The van der Waals surface area contributed by atoms with Crippen molar-refractivity contribution in [2.75, 3.05) is 6.54 Å². The second-order valence-corrected chi connectivity index (χ2v) is 6.97. The minimum absolute atomic E-state index is 0.00570. The van der Waals surface area contributed by atoms with E-state index in [2.05, 4.69) is 10.9 Å². The summed E-state index contributed by atoms with van der Waals surface area (Å²) in [4.78, 5) is 38.2. The Hall–Kier alpha value is -2.37. The summed E-state index contributed by atoms with van der Waals surface area (Å²) >= 11 is 0.